The summed E-state index contributed by atoms with van der Waals surface area (Å²) < 4.78 is 0. The number of para-hydroxylation sites is 1. The van der Waals surface area contributed by atoms with Crippen LogP contribution in [0.1, 0.15) is 24.8 Å². The second-order valence-corrected chi connectivity index (χ2v) is 5.07. The van der Waals surface area contributed by atoms with Crippen LogP contribution < -0.4 is 0 Å². The fraction of sp³-hybridized carbons (Fsp3) is 0.267. The van der Waals surface area contributed by atoms with Gasteiger partial charge in [-0.05, 0) is 37.0 Å². The maximum atomic E-state index is 6.26. The first kappa shape index (κ1) is 10.8. The summed E-state index contributed by atoms with van der Waals surface area (Å²) in [4.78, 5) is 4.46. The van der Waals surface area contributed by atoms with Gasteiger partial charge in [-0.15, -0.1) is 11.6 Å². The number of halogens is 1. The van der Waals surface area contributed by atoms with Gasteiger partial charge in [0, 0.05) is 11.6 Å². The van der Waals surface area contributed by atoms with Crippen LogP contribution in [0.25, 0.3) is 17.0 Å². The van der Waals surface area contributed by atoms with Crippen molar-refractivity contribution in [2.24, 2.45) is 0 Å². The molecule has 17 heavy (non-hydrogen) atoms. The van der Waals surface area contributed by atoms with Crippen molar-refractivity contribution in [1.29, 1.82) is 0 Å². The van der Waals surface area contributed by atoms with Gasteiger partial charge in [0.25, 0.3) is 0 Å². The summed E-state index contributed by atoms with van der Waals surface area (Å²) in [5.41, 5.74) is 3.55. The molecule has 0 bridgehead atoms. The Hall–Kier alpha value is -1.34. The van der Waals surface area contributed by atoms with Crippen LogP contribution >= 0.6 is 11.6 Å². The Morgan fingerprint density at radius 1 is 1.29 bits per heavy atom. The van der Waals surface area contributed by atoms with Gasteiger partial charge in [0.15, 0.2) is 0 Å². The molecule has 1 atom stereocenters. The third-order valence-electron chi connectivity index (χ3n) is 3.29. The summed E-state index contributed by atoms with van der Waals surface area (Å²) in [5.74, 6) is 0. The van der Waals surface area contributed by atoms with E-state index in [0.29, 0.717) is 0 Å². The smallest absolute Gasteiger partial charge is 0.0702 e. The standard InChI is InChI=1S/C15H14ClN/c16-14-6-3-5-12(14)8-11-9-13-4-1-2-7-15(13)17-10-11/h1-2,4,7-10,14H,3,5-6H2. The molecule has 0 spiro atoms. The number of benzene rings is 1. The highest BCUT2D eigenvalue weighted by molar-refractivity contribution is 6.23. The van der Waals surface area contributed by atoms with Gasteiger partial charge < -0.3 is 0 Å². The van der Waals surface area contributed by atoms with Crippen LogP contribution in [-0.2, 0) is 0 Å². The lowest BCUT2D eigenvalue weighted by Gasteiger charge is -2.03. The topological polar surface area (TPSA) is 12.9 Å². The fourth-order valence-corrected chi connectivity index (χ4v) is 2.70. The highest BCUT2D eigenvalue weighted by Gasteiger charge is 2.17. The first-order valence-electron chi connectivity index (χ1n) is 6.02. The van der Waals surface area contributed by atoms with Crippen molar-refractivity contribution in [3.8, 4) is 0 Å². The summed E-state index contributed by atoms with van der Waals surface area (Å²) in [6.45, 7) is 0. The van der Waals surface area contributed by atoms with Crippen molar-refractivity contribution < 1.29 is 0 Å². The molecular weight excluding hydrogens is 230 g/mol. The van der Waals surface area contributed by atoms with Crippen molar-refractivity contribution >= 4 is 28.6 Å². The average molecular weight is 244 g/mol. The minimum Gasteiger partial charge on any atom is -0.256 e. The van der Waals surface area contributed by atoms with Gasteiger partial charge in [0.2, 0.25) is 0 Å². The molecule has 0 amide bonds. The maximum Gasteiger partial charge on any atom is 0.0702 e. The molecule has 1 aromatic carbocycles. The molecule has 2 aromatic rings. The number of alkyl halides is 1. The largest absolute Gasteiger partial charge is 0.256 e. The molecule has 0 saturated heterocycles. The molecule has 1 nitrogen and oxygen atoms in total. The van der Waals surface area contributed by atoms with Crippen LogP contribution in [0.5, 0.6) is 0 Å². The van der Waals surface area contributed by atoms with E-state index in [1.54, 1.807) is 0 Å². The monoisotopic (exact) mass is 243 g/mol. The molecule has 0 aliphatic heterocycles. The van der Waals surface area contributed by atoms with Gasteiger partial charge in [-0.3, -0.25) is 4.98 Å². The van der Waals surface area contributed by atoms with Crippen molar-refractivity contribution in [2.75, 3.05) is 0 Å². The van der Waals surface area contributed by atoms with E-state index in [9.17, 15) is 0 Å². The summed E-state index contributed by atoms with van der Waals surface area (Å²) in [6, 6.07) is 10.4. The number of fused-ring (bicyclic) bond motifs is 1. The van der Waals surface area contributed by atoms with E-state index >= 15 is 0 Å². The second kappa shape index (κ2) is 4.50. The zero-order valence-corrected chi connectivity index (χ0v) is 10.3. The SMILES string of the molecule is ClC1CCCC1=Cc1cnc2ccccc2c1. The zero-order valence-electron chi connectivity index (χ0n) is 9.57. The average Bonchev–Trinajstić information content (AvgIpc) is 2.75. The molecule has 1 fully saturated rings. The number of hydrogen-bond acceptors (Lipinski definition) is 1. The highest BCUT2D eigenvalue weighted by atomic mass is 35.5. The van der Waals surface area contributed by atoms with E-state index in [-0.39, 0.29) is 5.38 Å². The van der Waals surface area contributed by atoms with E-state index in [0.717, 1.165) is 23.9 Å². The van der Waals surface area contributed by atoms with Crippen LogP contribution in [-0.4, -0.2) is 10.4 Å². The maximum absolute atomic E-state index is 6.26. The van der Waals surface area contributed by atoms with Gasteiger partial charge >= 0.3 is 0 Å². The first-order chi connectivity index (χ1) is 8.33. The first-order valence-corrected chi connectivity index (χ1v) is 6.46. The third-order valence-corrected chi connectivity index (χ3v) is 3.79. The van der Waals surface area contributed by atoms with Crippen molar-refractivity contribution in [3.05, 3.63) is 47.7 Å². The highest BCUT2D eigenvalue weighted by Crippen LogP contribution is 2.31. The summed E-state index contributed by atoms with van der Waals surface area (Å²) in [5, 5.41) is 1.41. The Bertz CT molecular complexity index is 574. The number of pyridine rings is 1. The molecule has 1 heterocycles. The quantitative estimate of drug-likeness (QED) is 0.676. The molecule has 86 valence electrons. The molecule has 3 rings (SSSR count). The van der Waals surface area contributed by atoms with E-state index in [1.807, 2.05) is 24.4 Å². The lowest BCUT2D eigenvalue weighted by Crippen LogP contribution is -1.92. The van der Waals surface area contributed by atoms with Crippen LogP contribution in [0.15, 0.2) is 42.1 Å². The van der Waals surface area contributed by atoms with Gasteiger partial charge in [0.05, 0.1) is 10.9 Å². The van der Waals surface area contributed by atoms with E-state index in [1.165, 1.54) is 17.4 Å². The number of nitrogens with zero attached hydrogens (tertiary/aromatic N) is 1. The number of aromatic nitrogens is 1. The second-order valence-electron chi connectivity index (χ2n) is 4.54. The number of rotatable bonds is 1. The molecule has 1 aliphatic carbocycles. The normalized spacial score (nSPS) is 22.4. The Kier molecular flexibility index (Phi) is 2.86. The molecular formula is C15H14ClN. The molecule has 1 aliphatic rings. The minimum atomic E-state index is 0.224. The molecule has 1 unspecified atom stereocenters. The number of hydrogen-bond donors (Lipinski definition) is 0. The van der Waals surface area contributed by atoms with Crippen molar-refractivity contribution in [1.82, 2.24) is 4.98 Å². The van der Waals surface area contributed by atoms with Gasteiger partial charge in [-0.1, -0.05) is 29.8 Å². The zero-order chi connectivity index (χ0) is 11.7. The predicted molar refractivity (Wildman–Crippen MR) is 73.2 cm³/mol. The van der Waals surface area contributed by atoms with Crippen LogP contribution in [0, 0.1) is 0 Å². The summed E-state index contributed by atoms with van der Waals surface area (Å²) >= 11 is 6.26. The van der Waals surface area contributed by atoms with Gasteiger partial charge in [0.1, 0.15) is 0 Å². The van der Waals surface area contributed by atoms with Gasteiger partial charge in [-0.2, -0.15) is 0 Å². The van der Waals surface area contributed by atoms with Crippen LogP contribution in [0.4, 0.5) is 0 Å². The fourth-order valence-electron chi connectivity index (χ4n) is 2.37. The van der Waals surface area contributed by atoms with Crippen LogP contribution in [0.3, 0.4) is 0 Å². The summed E-state index contributed by atoms with van der Waals surface area (Å²) in [7, 11) is 0. The lowest BCUT2D eigenvalue weighted by molar-refractivity contribution is 0.889. The van der Waals surface area contributed by atoms with Crippen LogP contribution in [0.2, 0.25) is 0 Å². The molecule has 0 N–H and O–H groups in total. The Morgan fingerprint density at radius 2 is 2.18 bits per heavy atom. The van der Waals surface area contributed by atoms with Crippen molar-refractivity contribution in [2.45, 2.75) is 24.6 Å². The molecule has 2 heteroatoms. The Balaban J connectivity index is 2.01. The Morgan fingerprint density at radius 3 is 3.00 bits per heavy atom. The van der Waals surface area contributed by atoms with E-state index < -0.39 is 0 Å². The molecule has 1 aromatic heterocycles. The van der Waals surface area contributed by atoms with E-state index in [4.69, 9.17) is 11.6 Å². The Labute approximate surface area is 106 Å². The molecule has 0 radical (unpaired) electrons. The lowest BCUT2D eigenvalue weighted by atomic mass is 10.1. The molecule has 1 saturated carbocycles. The van der Waals surface area contributed by atoms with Crippen molar-refractivity contribution in [3.63, 3.8) is 0 Å². The number of allylic oxidation sites excluding steroid dienone is 1. The van der Waals surface area contributed by atoms with Gasteiger partial charge in [-0.25, -0.2) is 0 Å². The summed E-state index contributed by atoms with van der Waals surface area (Å²) in [6.07, 6.45) is 7.57. The van der Waals surface area contributed by atoms with E-state index in [2.05, 4.69) is 23.2 Å². The minimum absolute atomic E-state index is 0.224. The predicted octanol–water partition coefficient (Wildman–Crippen LogP) is 4.41. The third kappa shape index (κ3) is 2.20.